The van der Waals surface area contributed by atoms with Crippen molar-refractivity contribution in [3.63, 3.8) is 0 Å². The molecule has 0 saturated heterocycles. The molecule has 1 atom stereocenters. The number of H-pyrrole nitrogens is 1. The molecular weight excluding hydrogens is 384 g/mol. The van der Waals surface area contributed by atoms with Gasteiger partial charge in [-0.25, -0.2) is 18.4 Å². The molecule has 2 aromatic carbocycles. The van der Waals surface area contributed by atoms with Gasteiger partial charge in [0.15, 0.2) is 6.10 Å². The van der Waals surface area contributed by atoms with E-state index in [9.17, 15) is 23.2 Å². The number of hydrogen-bond acceptors (Lipinski definition) is 4. The van der Waals surface area contributed by atoms with Crippen molar-refractivity contribution in [3.8, 4) is 5.69 Å². The van der Waals surface area contributed by atoms with E-state index in [0.717, 1.165) is 18.2 Å². The standard InChI is InChI=1S/C20H17F2N3O4/c1-11-10-23-20(28)25(11)15-6-3-13(4-7-15)19(27)29-12(2)18(26)24-17-9-14(21)5-8-16(17)22/h3-10,12H,1-2H3,(H,23,28)(H,24,26). The minimum Gasteiger partial charge on any atom is -0.449 e. The van der Waals surface area contributed by atoms with E-state index in [0.29, 0.717) is 11.4 Å². The van der Waals surface area contributed by atoms with E-state index in [1.54, 1.807) is 25.3 Å². The molecule has 3 rings (SSSR count). The van der Waals surface area contributed by atoms with Gasteiger partial charge in [-0.3, -0.25) is 9.36 Å². The number of rotatable bonds is 5. The number of nitrogens with zero attached hydrogens (tertiary/aromatic N) is 1. The van der Waals surface area contributed by atoms with Gasteiger partial charge in [-0.2, -0.15) is 0 Å². The molecule has 0 radical (unpaired) electrons. The predicted octanol–water partition coefficient (Wildman–Crippen LogP) is 2.94. The number of hydrogen-bond donors (Lipinski definition) is 2. The molecule has 1 heterocycles. The molecule has 1 aromatic heterocycles. The second-order valence-corrected chi connectivity index (χ2v) is 6.28. The Morgan fingerprint density at radius 1 is 1.14 bits per heavy atom. The lowest BCUT2D eigenvalue weighted by atomic mass is 10.2. The first-order valence-corrected chi connectivity index (χ1v) is 8.60. The maximum absolute atomic E-state index is 13.6. The minimum absolute atomic E-state index is 0.159. The topological polar surface area (TPSA) is 93.2 Å². The molecule has 0 aliphatic heterocycles. The molecule has 29 heavy (non-hydrogen) atoms. The number of aryl methyl sites for hydroxylation is 1. The molecule has 3 aromatic rings. The lowest BCUT2D eigenvalue weighted by Gasteiger charge is -2.14. The zero-order valence-electron chi connectivity index (χ0n) is 15.5. The molecule has 0 spiro atoms. The van der Waals surface area contributed by atoms with Crippen molar-refractivity contribution < 1.29 is 23.1 Å². The monoisotopic (exact) mass is 401 g/mol. The Hall–Kier alpha value is -3.75. The van der Waals surface area contributed by atoms with Gasteiger partial charge in [0, 0.05) is 18.0 Å². The van der Waals surface area contributed by atoms with E-state index in [1.165, 1.54) is 23.6 Å². The third-order valence-electron chi connectivity index (χ3n) is 4.16. The molecule has 0 saturated carbocycles. The van der Waals surface area contributed by atoms with Crippen molar-refractivity contribution >= 4 is 17.6 Å². The molecule has 0 aliphatic carbocycles. The number of benzene rings is 2. The fourth-order valence-electron chi connectivity index (χ4n) is 2.63. The van der Waals surface area contributed by atoms with Gasteiger partial charge in [0.1, 0.15) is 11.6 Å². The molecular formula is C20H17F2N3O4. The number of aromatic nitrogens is 2. The number of anilines is 1. The summed E-state index contributed by atoms with van der Waals surface area (Å²) in [6.07, 6.45) is 0.311. The van der Waals surface area contributed by atoms with Crippen LogP contribution in [0.25, 0.3) is 5.69 Å². The van der Waals surface area contributed by atoms with Crippen LogP contribution in [0.15, 0.2) is 53.5 Å². The number of carbonyl (C=O) groups is 2. The van der Waals surface area contributed by atoms with Crippen molar-refractivity contribution in [3.05, 3.63) is 82.0 Å². The predicted molar refractivity (Wildman–Crippen MR) is 101 cm³/mol. The zero-order valence-corrected chi connectivity index (χ0v) is 15.5. The number of nitrogens with one attached hydrogen (secondary N) is 2. The van der Waals surface area contributed by atoms with Crippen LogP contribution < -0.4 is 11.0 Å². The van der Waals surface area contributed by atoms with Crippen molar-refractivity contribution in [1.82, 2.24) is 9.55 Å². The largest absolute Gasteiger partial charge is 0.449 e. The summed E-state index contributed by atoms with van der Waals surface area (Å²) < 4.78 is 33.3. The van der Waals surface area contributed by atoms with Crippen LogP contribution in [0.3, 0.4) is 0 Å². The smallest absolute Gasteiger partial charge is 0.338 e. The Bertz CT molecular complexity index is 1120. The van der Waals surface area contributed by atoms with Crippen LogP contribution in [0.2, 0.25) is 0 Å². The Labute approximate surface area is 163 Å². The van der Waals surface area contributed by atoms with Crippen LogP contribution in [0.4, 0.5) is 14.5 Å². The van der Waals surface area contributed by atoms with Crippen molar-refractivity contribution in [2.45, 2.75) is 20.0 Å². The quantitative estimate of drug-likeness (QED) is 0.643. The van der Waals surface area contributed by atoms with E-state index < -0.39 is 29.6 Å². The summed E-state index contributed by atoms with van der Waals surface area (Å²) in [6.45, 7) is 3.06. The summed E-state index contributed by atoms with van der Waals surface area (Å²) in [7, 11) is 0. The second-order valence-electron chi connectivity index (χ2n) is 6.28. The van der Waals surface area contributed by atoms with Gasteiger partial charge in [0.25, 0.3) is 5.91 Å². The molecule has 0 fully saturated rings. The Kier molecular flexibility index (Phi) is 5.58. The first kappa shape index (κ1) is 20.0. The molecule has 2 N–H and O–H groups in total. The van der Waals surface area contributed by atoms with Gasteiger partial charge in [-0.15, -0.1) is 0 Å². The molecule has 9 heteroatoms. The highest BCUT2D eigenvalue weighted by Crippen LogP contribution is 2.16. The SMILES string of the molecule is Cc1c[nH]c(=O)n1-c1ccc(C(=O)OC(C)C(=O)Nc2cc(F)ccc2F)cc1. The summed E-state index contributed by atoms with van der Waals surface area (Å²) in [4.78, 5) is 38.7. The summed E-state index contributed by atoms with van der Waals surface area (Å²) in [5.41, 5.74) is 0.742. The maximum Gasteiger partial charge on any atom is 0.338 e. The number of ether oxygens (including phenoxy) is 1. The Morgan fingerprint density at radius 3 is 2.45 bits per heavy atom. The van der Waals surface area contributed by atoms with Gasteiger partial charge >= 0.3 is 11.7 Å². The highest BCUT2D eigenvalue weighted by Gasteiger charge is 2.20. The molecule has 0 aliphatic rings. The fourth-order valence-corrected chi connectivity index (χ4v) is 2.63. The van der Waals surface area contributed by atoms with Crippen LogP contribution in [-0.2, 0) is 9.53 Å². The average Bonchev–Trinajstić information content (AvgIpc) is 3.03. The van der Waals surface area contributed by atoms with Crippen molar-refractivity contribution in [2.24, 2.45) is 0 Å². The van der Waals surface area contributed by atoms with E-state index in [4.69, 9.17) is 4.74 Å². The zero-order chi connectivity index (χ0) is 21.1. The number of imidazole rings is 1. The molecule has 0 bridgehead atoms. The van der Waals surface area contributed by atoms with Gasteiger partial charge in [0.05, 0.1) is 16.9 Å². The van der Waals surface area contributed by atoms with Crippen LogP contribution in [-0.4, -0.2) is 27.5 Å². The first-order chi connectivity index (χ1) is 13.8. The van der Waals surface area contributed by atoms with E-state index >= 15 is 0 Å². The Morgan fingerprint density at radius 2 is 1.83 bits per heavy atom. The number of esters is 1. The van der Waals surface area contributed by atoms with Crippen molar-refractivity contribution in [1.29, 1.82) is 0 Å². The summed E-state index contributed by atoms with van der Waals surface area (Å²) in [5.74, 6) is -3.13. The van der Waals surface area contributed by atoms with Crippen LogP contribution in [0.5, 0.6) is 0 Å². The minimum atomic E-state index is -1.25. The van der Waals surface area contributed by atoms with Crippen LogP contribution >= 0.6 is 0 Å². The number of aromatic amines is 1. The average molecular weight is 401 g/mol. The van der Waals surface area contributed by atoms with Crippen LogP contribution in [0, 0.1) is 18.6 Å². The number of carbonyl (C=O) groups excluding carboxylic acids is 2. The first-order valence-electron chi connectivity index (χ1n) is 8.60. The third kappa shape index (κ3) is 4.40. The normalized spacial score (nSPS) is 11.7. The van der Waals surface area contributed by atoms with Crippen LogP contribution in [0.1, 0.15) is 23.0 Å². The fraction of sp³-hybridized carbons (Fsp3) is 0.150. The molecule has 1 unspecified atom stereocenters. The van der Waals surface area contributed by atoms with Crippen molar-refractivity contribution in [2.75, 3.05) is 5.32 Å². The third-order valence-corrected chi connectivity index (χ3v) is 4.16. The Balaban J connectivity index is 1.67. The highest BCUT2D eigenvalue weighted by molar-refractivity contribution is 5.97. The second kappa shape index (κ2) is 8.09. The maximum atomic E-state index is 13.6. The molecule has 7 nitrogen and oxygen atoms in total. The summed E-state index contributed by atoms with van der Waals surface area (Å²) in [5, 5.41) is 2.18. The lowest BCUT2D eigenvalue weighted by molar-refractivity contribution is -0.123. The summed E-state index contributed by atoms with van der Waals surface area (Å²) >= 11 is 0. The lowest BCUT2D eigenvalue weighted by Crippen LogP contribution is -2.30. The van der Waals surface area contributed by atoms with Gasteiger partial charge in [0.2, 0.25) is 0 Å². The summed E-state index contributed by atoms with van der Waals surface area (Å²) in [6, 6.07) is 8.64. The van der Waals surface area contributed by atoms with Gasteiger partial charge < -0.3 is 15.0 Å². The van der Waals surface area contributed by atoms with E-state index in [-0.39, 0.29) is 16.9 Å². The number of amides is 1. The molecule has 150 valence electrons. The van der Waals surface area contributed by atoms with E-state index in [2.05, 4.69) is 10.3 Å². The highest BCUT2D eigenvalue weighted by atomic mass is 19.1. The number of halogens is 2. The van der Waals surface area contributed by atoms with Gasteiger partial charge in [-0.1, -0.05) is 0 Å². The van der Waals surface area contributed by atoms with Gasteiger partial charge in [-0.05, 0) is 50.2 Å². The van der Waals surface area contributed by atoms with E-state index in [1.807, 2.05) is 0 Å². The molecule has 1 amide bonds.